The van der Waals surface area contributed by atoms with Crippen molar-refractivity contribution in [1.29, 1.82) is 0 Å². The van der Waals surface area contributed by atoms with Gasteiger partial charge in [0, 0.05) is 29.2 Å². The fraction of sp³-hybridized carbons (Fsp3) is 0.115. The number of carbonyl (C=O) groups is 1. The Morgan fingerprint density at radius 3 is 2.48 bits per heavy atom. The largest absolute Gasteiger partial charge is 0.496 e. The first-order valence-electron chi connectivity index (χ1n) is 10.4. The Kier molecular flexibility index (Phi) is 6.90. The zero-order chi connectivity index (χ0) is 23.2. The molecule has 0 spiro atoms. The maximum absolute atomic E-state index is 12.9. The molecule has 7 heteroatoms. The molecule has 3 aromatic carbocycles. The van der Waals surface area contributed by atoms with E-state index in [2.05, 4.69) is 46.0 Å². The van der Waals surface area contributed by atoms with E-state index in [9.17, 15) is 4.79 Å². The summed E-state index contributed by atoms with van der Waals surface area (Å²) in [7, 11) is 1.63. The lowest BCUT2D eigenvalue weighted by molar-refractivity contribution is 0.102. The number of nitrogens with one attached hydrogen (secondary N) is 2. The SMILES string of the molecule is COc1ccc(NC(=O)c2cccc(-c3cnccn3)c2)cc1SNc1c(C)cccc1C. The summed E-state index contributed by atoms with van der Waals surface area (Å²) in [6.45, 7) is 4.14. The van der Waals surface area contributed by atoms with Crippen molar-refractivity contribution in [3.8, 4) is 17.0 Å². The fourth-order valence-corrected chi connectivity index (χ4v) is 4.36. The molecular formula is C26H24N4O2S. The predicted molar refractivity (Wildman–Crippen MR) is 134 cm³/mol. The minimum atomic E-state index is -0.204. The molecule has 1 heterocycles. The third kappa shape index (κ3) is 5.32. The molecule has 0 radical (unpaired) electrons. The Bertz CT molecular complexity index is 1260. The topological polar surface area (TPSA) is 76.1 Å². The minimum absolute atomic E-state index is 0.204. The van der Waals surface area contributed by atoms with E-state index in [1.165, 1.54) is 11.9 Å². The molecule has 0 aliphatic rings. The van der Waals surface area contributed by atoms with Crippen LogP contribution >= 0.6 is 11.9 Å². The minimum Gasteiger partial charge on any atom is -0.496 e. The van der Waals surface area contributed by atoms with Gasteiger partial charge in [0.15, 0.2) is 0 Å². The summed E-state index contributed by atoms with van der Waals surface area (Å²) < 4.78 is 8.94. The van der Waals surface area contributed by atoms with Crippen molar-refractivity contribution in [1.82, 2.24) is 9.97 Å². The van der Waals surface area contributed by atoms with Crippen molar-refractivity contribution >= 4 is 29.2 Å². The van der Waals surface area contributed by atoms with Crippen LogP contribution in [0.25, 0.3) is 11.3 Å². The van der Waals surface area contributed by atoms with Gasteiger partial charge in [-0.2, -0.15) is 0 Å². The number of nitrogens with zero attached hydrogens (tertiary/aromatic N) is 2. The molecule has 0 fully saturated rings. The number of hydrogen-bond acceptors (Lipinski definition) is 6. The highest BCUT2D eigenvalue weighted by Crippen LogP contribution is 2.34. The fourth-order valence-electron chi connectivity index (χ4n) is 3.39. The van der Waals surface area contributed by atoms with Crippen LogP contribution in [0.15, 0.2) is 84.1 Å². The van der Waals surface area contributed by atoms with Crippen LogP contribution in [-0.2, 0) is 0 Å². The van der Waals surface area contributed by atoms with Crippen LogP contribution in [0, 0.1) is 13.8 Å². The van der Waals surface area contributed by atoms with E-state index < -0.39 is 0 Å². The lowest BCUT2D eigenvalue weighted by Gasteiger charge is -2.15. The van der Waals surface area contributed by atoms with Crippen molar-refractivity contribution in [3.63, 3.8) is 0 Å². The first kappa shape index (κ1) is 22.4. The summed E-state index contributed by atoms with van der Waals surface area (Å²) in [6.07, 6.45) is 4.92. The van der Waals surface area contributed by atoms with Crippen molar-refractivity contribution < 1.29 is 9.53 Å². The first-order chi connectivity index (χ1) is 16.0. The van der Waals surface area contributed by atoms with Gasteiger partial charge in [-0.3, -0.25) is 14.8 Å². The summed E-state index contributed by atoms with van der Waals surface area (Å²) in [4.78, 5) is 22.2. The number of carbonyl (C=O) groups excluding carboxylic acids is 1. The Morgan fingerprint density at radius 2 is 1.76 bits per heavy atom. The molecule has 2 N–H and O–H groups in total. The number of benzene rings is 3. The summed E-state index contributed by atoms with van der Waals surface area (Å²) in [5.74, 6) is 0.519. The quantitative estimate of drug-likeness (QED) is 0.325. The van der Waals surface area contributed by atoms with Crippen molar-refractivity contribution in [2.75, 3.05) is 17.1 Å². The van der Waals surface area contributed by atoms with Gasteiger partial charge < -0.3 is 14.8 Å². The summed E-state index contributed by atoms with van der Waals surface area (Å²) in [5, 5.41) is 2.98. The van der Waals surface area contributed by atoms with E-state index in [0.717, 1.165) is 33.0 Å². The molecule has 0 saturated carbocycles. The van der Waals surface area contributed by atoms with E-state index in [1.807, 2.05) is 36.4 Å². The van der Waals surface area contributed by atoms with Gasteiger partial charge in [-0.1, -0.05) is 30.3 Å². The molecule has 0 atom stereocenters. The van der Waals surface area contributed by atoms with Crippen LogP contribution in [-0.4, -0.2) is 23.0 Å². The van der Waals surface area contributed by atoms with E-state index in [0.29, 0.717) is 16.9 Å². The smallest absolute Gasteiger partial charge is 0.255 e. The molecule has 6 nitrogen and oxygen atoms in total. The second-order valence-electron chi connectivity index (χ2n) is 7.46. The molecule has 1 aromatic heterocycles. The number of para-hydroxylation sites is 1. The number of amides is 1. The highest BCUT2D eigenvalue weighted by Gasteiger charge is 2.12. The highest BCUT2D eigenvalue weighted by atomic mass is 32.2. The van der Waals surface area contributed by atoms with Crippen LogP contribution in [0.5, 0.6) is 5.75 Å². The third-order valence-electron chi connectivity index (χ3n) is 5.15. The molecular weight excluding hydrogens is 432 g/mol. The second kappa shape index (κ2) is 10.2. The molecule has 0 aliphatic carbocycles. The maximum Gasteiger partial charge on any atom is 0.255 e. The third-order valence-corrected chi connectivity index (χ3v) is 5.99. The maximum atomic E-state index is 12.9. The van der Waals surface area contributed by atoms with Crippen LogP contribution < -0.4 is 14.8 Å². The Hall–Kier alpha value is -3.84. The molecule has 4 aromatic rings. The van der Waals surface area contributed by atoms with Crippen LogP contribution in [0.3, 0.4) is 0 Å². The predicted octanol–water partition coefficient (Wildman–Crippen LogP) is 6.14. The van der Waals surface area contributed by atoms with E-state index in [-0.39, 0.29) is 5.91 Å². The molecule has 166 valence electrons. The van der Waals surface area contributed by atoms with E-state index in [1.54, 1.807) is 37.8 Å². The average Bonchev–Trinajstić information content (AvgIpc) is 2.84. The number of ether oxygens (including phenoxy) is 1. The van der Waals surface area contributed by atoms with Gasteiger partial charge in [-0.15, -0.1) is 0 Å². The van der Waals surface area contributed by atoms with Gasteiger partial charge in [0.2, 0.25) is 0 Å². The zero-order valence-electron chi connectivity index (χ0n) is 18.6. The average molecular weight is 457 g/mol. The molecule has 1 amide bonds. The second-order valence-corrected chi connectivity index (χ2v) is 8.31. The summed E-state index contributed by atoms with van der Waals surface area (Å²) >= 11 is 1.45. The molecule has 33 heavy (non-hydrogen) atoms. The number of aryl methyl sites for hydroxylation is 2. The van der Waals surface area contributed by atoms with Gasteiger partial charge >= 0.3 is 0 Å². The van der Waals surface area contributed by atoms with Crippen molar-refractivity contribution in [3.05, 3.63) is 95.9 Å². The normalized spacial score (nSPS) is 10.5. The zero-order valence-corrected chi connectivity index (χ0v) is 19.4. The number of anilines is 2. The summed E-state index contributed by atoms with van der Waals surface area (Å²) in [5.41, 5.74) is 6.16. The van der Waals surface area contributed by atoms with Gasteiger partial charge in [0.05, 0.1) is 29.6 Å². The van der Waals surface area contributed by atoms with Crippen molar-refractivity contribution in [2.24, 2.45) is 0 Å². The van der Waals surface area contributed by atoms with Gasteiger partial charge in [-0.25, -0.2) is 0 Å². The number of rotatable bonds is 7. The van der Waals surface area contributed by atoms with E-state index in [4.69, 9.17) is 4.74 Å². The van der Waals surface area contributed by atoms with Crippen LogP contribution in [0.4, 0.5) is 11.4 Å². The molecule has 4 rings (SSSR count). The molecule has 0 unspecified atom stereocenters. The highest BCUT2D eigenvalue weighted by molar-refractivity contribution is 8.00. The number of aromatic nitrogens is 2. The van der Waals surface area contributed by atoms with Crippen LogP contribution in [0.2, 0.25) is 0 Å². The van der Waals surface area contributed by atoms with Gasteiger partial charge in [0.25, 0.3) is 5.91 Å². The standard InChI is InChI=1S/C26H24N4O2S/c1-17-6-4-7-18(2)25(17)30-33-24-15-21(10-11-23(24)32-3)29-26(31)20-9-5-8-19(14-20)22-16-27-12-13-28-22/h4-16,30H,1-3H3,(H,29,31). The monoisotopic (exact) mass is 456 g/mol. The lowest BCUT2D eigenvalue weighted by Crippen LogP contribution is -2.12. The lowest BCUT2D eigenvalue weighted by atomic mass is 10.1. The molecule has 0 bridgehead atoms. The number of methoxy groups -OCH3 is 1. The first-order valence-corrected chi connectivity index (χ1v) is 11.2. The molecule has 0 saturated heterocycles. The number of hydrogen-bond donors (Lipinski definition) is 2. The summed E-state index contributed by atoms with van der Waals surface area (Å²) in [6, 6.07) is 19.1. The van der Waals surface area contributed by atoms with Crippen LogP contribution in [0.1, 0.15) is 21.5 Å². The van der Waals surface area contributed by atoms with Gasteiger partial charge in [0.1, 0.15) is 5.75 Å². The Morgan fingerprint density at radius 1 is 0.970 bits per heavy atom. The van der Waals surface area contributed by atoms with Crippen molar-refractivity contribution in [2.45, 2.75) is 18.7 Å². The Balaban J connectivity index is 1.52. The molecule has 0 aliphatic heterocycles. The van der Waals surface area contributed by atoms with E-state index >= 15 is 0 Å². The Labute approximate surface area is 197 Å². The van der Waals surface area contributed by atoms with Gasteiger partial charge in [-0.05, 0) is 67.3 Å².